The Morgan fingerprint density at radius 3 is 2.45 bits per heavy atom. The first kappa shape index (κ1) is 22.3. The molecule has 0 unspecified atom stereocenters. The lowest BCUT2D eigenvalue weighted by Crippen LogP contribution is -2.32. The van der Waals surface area contributed by atoms with Crippen LogP contribution in [0.3, 0.4) is 0 Å². The topological polar surface area (TPSA) is 100 Å². The first-order valence-electron chi connectivity index (χ1n) is 9.27. The van der Waals surface area contributed by atoms with Crippen molar-refractivity contribution in [3.05, 3.63) is 83.8 Å². The molecule has 0 aliphatic heterocycles. The maximum Gasteiger partial charge on any atom is 0.261 e. The van der Waals surface area contributed by atoms with Crippen LogP contribution in [0.25, 0.3) is 6.08 Å². The Kier molecular flexibility index (Phi) is 6.88. The van der Waals surface area contributed by atoms with E-state index in [0.29, 0.717) is 17.1 Å². The number of thiocarbonyl (C=S) groups is 1. The molecule has 0 aliphatic carbocycles. The van der Waals surface area contributed by atoms with E-state index in [4.69, 9.17) is 16.6 Å². The van der Waals surface area contributed by atoms with Gasteiger partial charge in [0.25, 0.3) is 10.0 Å². The summed E-state index contributed by atoms with van der Waals surface area (Å²) in [6, 6.07) is 14.9. The van der Waals surface area contributed by atoms with Crippen LogP contribution in [0, 0.1) is 13.8 Å². The Labute approximate surface area is 186 Å². The summed E-state index contributed by atoms with van der Waals surface area (Å²) in [6.45, 7) is 3.79. The summed E-state index contributed by atoms with van der Waals surface area (Å²) in [4.78, 5) is 12.0. The van der Waals surface area contributed by atoms with Crippen LogP contribution in [0.2, 0.25) is 0 Å². The van der Waals surface area contributed by atoms with E-state index in [-0.39, 0.29) is 10.0 Å². The summed E-state index contributed by atoms with van der Waals surface area (Å²) in [5.74, 6) is 0.117. The van der Waals surface area contributed by atoms with Gasteiger partial charge in [0.2, 0.25) is 5.91 Å². The number of furan rings is 1. The summed E-state index contributed by atoms with van der Waals surface area (Å²) in [5, 5.41) is 5.42. The fraction of sp³-hybridized carbons (Fsp3) is 0.0909. The summed E-state index contributed by atoms with van der Waals surface area (Å²) in [7, 11) is -3.74. The van der Waals surface area contributed by atoms with E-state index in [9.17, 15) is 13.2 Å². The summed E-state index contributed by atoms with van der Waals surface area (Å²) >= 11 is 5.11. The largest absolute Gasteiger partial charge is 0.465 e. The molecule has 3 rings (SSSR count). The van der Waals surface area contributed by atoms with E-state index >= 15 is 0 Å². The molecule has 0 saturated carbocycles. The average Bonchev–Trinajstić information content (AvgIpc) is 3.22. The molecule has 0 bridgehead atoms. The van der Waals surface area contributed by atoms with Gasteiger partial charge in [0.05, 0.1) is 16.8 Å². The fourth-order valence-electron chi connectivity index (χ4n) is 2.71. The second kappa shape index (κ2) is 9.59. The highest BCUT2D eigenvalue weighted by Crippen LogP contribution is 2.21. The maximum absolute atomic E-state index is 12.7. The third kappa shape index (κ3) is 6.27. The van der Waals surface area contributed by atoms with Gasteiger partial charge in [0.1, 0.15) is 5.76 Å². The van der Waals surface area contributed by atoms with E-state index < -0.39 is 15.9 Å². The molecule has 0 radical (unpaired) electrons. The number of rotatable bonds is 6. The van der Waals surface area contributed by atoms with Gasteiger partial charge in [-0.25, -0.2) is 8.42 Å². The van der Waals surface area contributed by atoms with Crippen molar-refractivity contribution in [2.24, 2.45) is 0 Å². The third-order valence-electron chi connectivity index (χ3n) is 4.23. The van der Waals surface area contributed by atoms with E-state index in [1.165, 1.54) is 30.5 Å². The number of benzene rings is 2. The average molecular weight is 456 g/mol. The summed E-state index contributed by atoms with van der Waals surface area (Å²) in [6.07, 6.45) is 4.31. The lowest BCUT2D eigenvalue weighted by Gasteiger charge is -2.12. The molecule has 31 heavy (non-hydrogen) atoms. The molecule has 0 spiro atoms. The minimum Gasteiger partial charge on any atom is -0.465 e. The number of hydrogen-bond donors (Lipinski definition) is 3. The van der Waals surface area contributed by atoms with Gasteiger partial charge in [0, 0.05) is 11.8 Å². The van der Waals surface area contributed by atoms with Gasteiger partial charge < -0.3 is 9.73 Å². The van der Waals surface area contributed by atoms with Crippen LogP contribution in [0.15, 0.2) is 76.2 Å². The second-order valence-electron chi connectivity index (χ2n) is 6.74. The van der Waals surface area contributed by atoms with Gasteiger partial charge >= 0.3 is 0 Å². The van der Waals surface area contributed by atoms with Crippen molar-refractivity contribution in [2.45, 2.75) is 18.7 Å². The molecule has 3 aromatic rings. The van der Waals surface area contributed by atoms with Crippen LogP contribution in [-0.2, 0) is 14.8 Å². The highest BCUT2D eigenvalue weighted by Gasteiger charge is 2.15. The molecule has 0 saturated heterocycles. The van der Waals surface area contributed by atoms with Gasteiger partial charge in [-0.05, 0) is 80.2 Å². The van der Waals surface area contributed by atoms with Gasteiger partial charge in [-0.2, -0.15) is 0 Å². The van der Waals surface area contributed by atoms with Crippen molar-refractivity contribution in [3.8, 4) is 0 Å². The van der Waals surface area contributed by atoms with Crippen LogP contribution in [0.5, 0.6) is 0 Å². The molecule has 7 nitrogen and oxygen atoms in total. The SMILES string of the molecule is Cc1ccc(NS(=O)(=O)c2ccc(NC(=S)NC(=O)C=Cc3ccco3)cc2)c(C)c1. The molecule has 0 fully saturated rings. The molecule has 0 aliphatic rings. The van der Waals surface area contributed by atoms with Crippen LogP contribution in [-0.4, -0.2) is 19.4 Å². The van der Waals surface area contributed by atoms with Crippen molar-refractivity contribution in [2.75, 3.05) is 10.0 Å². The zero-order chi connectivity index (χ0) is 22.4. The molecule has 9 heteroatoms. The summed E-state index contributed by atoms with van der Waals surface area (Å²) in [5.41, 5.74) is 2.95. The number of sulfonamides is 1. The number of anilines is 2. The van der Waals surface area contributed by atoms with Gasteiger partial charge in [0.15, 0.2) is 5.11 Å². The van der Waals surface area contributed by atoms with Crippen LogP contribution in [0.1, 0.15) is 16.9 Å². The zero-order valence-corrected chi connectivity index (χ0v) is 18.5. The number of carbonyl (C=O) groups is 1. The molecular weight excluding hydrogens is 434 g/mol. The Hall–Kier alpha value is -3.43. The van der Waals surface area contributed by atoms with Gasteiger partial charge in [-0.15, -0.1) is 0 Å². The number of hydrogen-bond acceptors (Lipinski definition) is 5. The molecule has 3 N–H and O–H groups in total. The number of aryl methyl sites for hydroxylation is 2. The molecule has 0 atom stereocenters. The van der Waals surface area contributed by atoms with E-state index in [2.05, 4.69) is 15.4 Å². The minimum atomic E-state index is -3.74. The Bertz CT molecular complexity index is 1220. The normalized spacial score (nSPS) is 11.3. The van der Waals surface area contributed by atoms with Gasteiger partial charge in [-0.1, -0.05) is 17.7 Å². The highest BCUT2D eigenvalue weighted by molar-refractivity contribution is 7.92. The van der Waals surface area contributed by atoms with E-state index in [1.54, 1.807) is 30.3 Å². The maximum atomic E-state index is 12.7. The van der Waals surface area contributed by atoms with Crippen molar-refractivity contribution in [1.29, 1.82) is 0 Å². The fourth-order valence-corrected chi connectivity index (χ4v) is 4.06. The van der Waals surface area contributed by atoms with Crippen LogP contribution >= 0.6 is 12.2 Å². The molecule has 1 amide bonds. The standard InChI is InChI=1S/C22H21N3O4S2/c1-15-5-11-20(16(2)14-15)25-31(27,28)19-9-6-17(7-10-19)23-22(30)24-21(26)12-8-18-4-3-13-29-18/h3-14,25H,1-2H3,(H2,23,24,26,30). The predicted octanol–water partition coefficient (Wildman–Crippen LogP) is 4.22. The lowest BCUT2D eigenvalue weighted by atomic mass is 10.1. The highest BCUT2D eigenvalue weighted by atomic mass is 32.2. The number of carbonyl (C=O) groups excluding carboxylic acids is 1. The molecular formula is C22H21N3O4S2. The summed E-state index contributed by atoms with van der Waals surface area (Å²) < 4.78 is 33.0. The van der Waals surface area contributed by atoms with Crippen LogP contribution in [0.4, 0.5) is 11.4 Å². The Morgan fingerprint density at radius 1 is 1.06 bits per heavy atom. The van der Waals surface area contributed by atoms with Crippen molar-refractivity contribution in [3.63, 3.8) is 0 Å². The molecule has 1 aromatic heterocycles. The number of amides is 1. The van der Waals surface area contributed by atoms with Crippen LogP contribution < -0.4 is 15.4 Å². The third-order valence-corrected chi connectivity index (χ3v) is 5.81. The quantitative estimate of drug-likeness (QED) is 0.380. The molecule has 160 valence electrons. The van der Waals surface area contributed by atoms with E-state index in [1.807, 2.05) is 26.0 Å². The van der Waals surface area contributed by atoms with E-state index in [0.717, 1.165) is 11.1 Å². The molecule has 1 heterocycles. The van der Waals surface area contributed by atoms with Crippen molar-refractivity contribution in [1.82, 2.24) is 5.32 Å². The predicted molar refractivity (Wildman–Crippen MR) is 125 cm³/mol. The smallest absolute Gasteiger partial charge is 0.261 e. The van der Waals surface area contributed by atoms with Crippen molar-refractivity contribution >= 4 is 50.7 Å². The Morgan fingerprint density at radius 2 is 1.81 bits per heavy atom. The van der Waals surface area contributed by atoms with Gasteiger partial charge in [-0.3, -0.25) is 14.8 Å². The second-order valence-corrected chi connectivity index (χ2v) is 8.83. The first-order valence-corrected chi connectivity index (χ1v) is 11.2. The monoisotopic (exact) mass is 455 g/mol. The lowest BCUT2D eigenvalue weighted by molar-refractivity contribution is -0.115. The minimum absolute atomic E-state index is 0.0816. The zero-order valence-electron chi connectivity index (χ0n) is 16.9. The number of nitrogens with one attached hydrogen (secondary N) is 3. The first-order chi connectivity index (χ1) is 14.7. The van der Waals surface area contributed by atoms with Crippen molar-refractivity contribution < 1.29 is 17.6 Å². The molecule has 2 aromatic carbocycles. The Balaban J connectivity index is 1.60.